The molecule has 0 aliphatic heterocycles. The Hall–Kier alpha value is -2.42. The van der Waals surface area contributed by atoms with Gasteiger partial charge >= 0.3 is 5.97 Å². The zero-order valence-corrected chi connectivity index (χ0v) is 17.8. The van der Waals surface area contributed by atoms with Gasteiger partial charge in [-0.15, -0.1) is 0 Å². The molecule has 0 N–H and O–H groups in total. The smallest absolute Gasteiger partial charge is 0.331 e. The molecule has 0 fully saturated rings. The number of ether oxygens (including phenoxy) is 1. The standard InChI is InChI=1S/C25H33NO2/c1-18(2)23-13-11-22(12-14-23)15-20(5)17-26-24(25(27)28-19(3)4)16-21-9-7-6-8-10-21/h6-14,17-20,24H,15-16H2,1-5H3/b26-17+. The number of esters is 1. The van der Waals surface area contributed by atoms with Crippen molar-refractivity contribution in [2.75, 3.05) is 0 Å². The van der Waals surface area contributed by atoms with Crippen LogP contribution in [0.25, 0.3) is 0 Å². The first-order chi connectivity index (χ1) is 13.3. The van der Waals surface area contributed by atoms with Gasteiger partial charge in [0.1, 0.15) is 0 Å². The van der Waals surface area contributed by atoms with E-state index in [0.717, 1.165) is 12.0 Å². The van der Waals surface area contributed by atoms with Crippen LogP contribution in [-0.2, 0) is 22.4 Å². The summed E-state index contributed by atoms with van der Waals surface area (Å²) in [5.74, 6) is 0.525. The lowest BCUT2D eigenvalue weighted by molar-refractivity contribution is -0.148. The predicted molar refractivity (Wildman–Crippen MR) is 117 cm³/mol. The molecule has 28 heavy (non-hydrogen) atoms. The van der Waals surface area contributed by atoms with Crippen molar-refractivity contribution in [3.63, 3.8) is 0 Å². The van der Waals surface area contributed by atoms with Gasteiger partial charge in [-0.25, -0.2) is 4.79 Å². The molecule has 2 aromatic rings. The number of benzene rings is 2. The number of nitrogens with zero attached hydrogens (tertiary/aromatic N) is 1. The Balaban J connectivity index is 2.04. The van der Waals surface area contributed by atoms with Crippen molar-refractivity contribution in [3.05, 3.63) is 71.3 Å². The lowest BCUT2D eigenvalue weighted by Crippen LogP contribution is -2.27. The van der Waals surface area contributed by atoms with Gasteiger partial charge in [-0.2, -0.15) is 0 Å². The maximum absolute atomic E-state index is 12.5. The molecule has 0 radical (unpaired) electrons. The second kappa shape index (κ2) is 10.8. The number of carbonyl (C=O) groups is 1. The summed E-state index contributed by atoms with van der Waals surface area (Å²) in [6.45, 7) is 10.3. The lowest BCUT2D eigenvalue weighted by Gasteiger charge is -2.15. The highest BCUT2D eigenvalue weighted by atomic mass is 16.5. The Labute approximate surface area is 169 Å². The van der Waals surface area contributed by atoms with Crippen molar-refractivity contribution >= 4 is 12.2 Å². The average molecular weight is 380 g/mol. The van der Waals surface area contributed by atoms with Gasteiger partial charge in [0, 0.05) is 12.6 Å². The molecule has 0 spiro atoms. The summed E-state index contributed by atoms with van der Waals surface area (Å²) in [6.07, 6.45) is 3.22. The van der Waals surface area contributed by atoms with E-state index in [1.165, 1.54) is 11.1 Å². The van der Waals surface area contributed by atoms with E-state index >= 15 is 0 Å². The minimum Gasteiger partial charge on any atom is -0.461 e. The fraction of sp³-hybridized carbons (Fsp3) is 0.440. The Morgan fingerprint density at radius 2 is 1.50 bits per heavy atom. The fourth-order valence-electron chi connectivity index (χ4n) is 3.06. The second-order valence-electron chi connectivity index (χ2n) is 8.07. The number of rotatable bonds is 9. The van der Waals surface area contributed by atoms with E-state index in [2.05, 4.69) is 50.0 Å². The van der Waals surface area contributed by atoms with E-state index in [1.807, 2.05) is 50.4 Å². The van der Waals surface area contributed by atoms with Crippen LogP contribution in [-0.4, -0.2) is 24.3 Å². The third-order valence-corrected chi connectivity index (χ3v) is 4.62. The Bertz CT molecular complexity index is 748. The van der Waals surface area contributed by atoms with E-state index in [0.29, 0.717) is 12.3 Å². The van der Waals surface area contributed by atoms with Gasteiger partial charge in [0.05, 0.1) is 6.10 Å². The first-order valence-corrected chi connectivity index (χ1v) is 10.2. The molecule has 3 heteroatoms. The first kappa shape index (κ1) is 21.9. The average Bonchev–Trinajstić information content (AvgIpc) is 2.65. The molecule has 0 amide bonds. The van der Waals surface area contributed by atoms with Crippen LogP contribution in [0.4, 0.5) is 0 Å². The monoisotopic (exact) mass is 379 g/mol. The molecule has 2 aromatic carbocycles. The molecule has 0 aliphatic carbocycles. The molecule has 0 saturated carbocycles. The van der Waals surface area contributed by atoms with Gasteiger partial charge in [-0.05, 0) is 48.8 Å². The third-order valence-electron chi connectivity index (χ3n) is 4.62. The summed E-state index contributed by atoms with van der Waals surface area (Å²) < 4.78 is 5.42. The predicted octanol–water partition coefficient (Wildman–Crippen LogP) is 5.62. The molecular weight excluding hydrogens is 346 g/mol. The number of aliphatic imine (C=N–C) groups is 1. The number of carbonyl (C=O) groups excluding carboxylic acids is 1. The van der Waals surface area contributed by atoms with Gasteiger partial charge in [-0.1, -0.05) is 75.4 Å². The molecule has 3 nitrogen and oxygen atoms in total. The third kappa shape index (κ3) is 7.30. The zero-order chi connectivity index (χ0) is 20.5. The number of hydrogen-bond acceptors (Lipinski definition) is 3. The molecule has 2 unspecified atom stereocenters. The minimum atomic E-state index is -0.504. The van der Waals surface area contributed by atoms with Crippen LogP contribution < -0.4 is 0 Å². The molecule has 150 valence electrons. The molecule has 2 rings (SSSR count). The highest BCUT2D eigenvalue weighted by molar-refractivity contribution is 5.79. The summed E-state index contributed by atoms with van der Waals surface area (Å²) in [5.41, 5.74) is 3.72. The summed E-state index contributed by atoms with van der Waals surface area (Å²) in [5, 5.41) is 0. The van der Waals surface area contributed by atoms with Crippen LogP contribution in [0.3, 0.4) is 0 Å². The normalized spacial score (nSPS) is 13.8. The van der Waals surface area contributed by atoms with Gasteiger partial charge in [0.25, 0.3) is 0 Å². The van der Waals surface area contributed by atoms with E-state index in [9.17, 15) is 4.79 Å². The first-order valence-electron chi connectivity index (χ1n) is 10.2. The molecule has 0 aliphatic rings. The molecule has 0 heterocycles. The number of hydrogen-bond donors (Lipinski definition) is 0. The van der Waals surface area contributed by atoms with Gasteiger partial charge < -0.3 is 4.74 Å². The van der Waals surface area contributed by atoms with Crippen molar-refractivity contribution in [1.29, 1.82) is 0 Å². The van der Waals surface area contributed by atoms with Crippen LogP contribution in [0.5, 0.6) is 0 Å². The molecule has 0 bridgehead atoms. The zero-order valence-electron chi connectivity index (χ0n) is 17.8. The summed E-state index contributed by atoms with van der Waals surface area (Å²) in [7, 11) is 0. The molecule has 0 aromatic heterocycles. The summed E-state index contributed by atoms with van der Waals surface area (Å²) in [4.78, 5) is 17.1. The highest BCUT2D eigenvalue weighted by Gasteiger charge is 2.20. The maximum Gasteiger partial charge on any atom is 0.331 e. The van der Waals surface area contributed by atoms with E-state index in [4.69, 9.17) is 4.74 Å². The molecular formula is C25H33NO2. The topological polar surface area (TPSA) is 38.7 Å². The lowest BCUT2D eigenvalue weighted by atomic mass is 9.97. The van der Waals surface area contributed by atoms with Gasteiger partial charge in [-0.3, -0.25) is 4.99 Å². The van der Waals surface area contributed by atoms with Crippen molar-refractivity contribution < 1.29 is 9.53 Å². The van der Waals surface area contributed by atoms with Gasteiger partial charge in [0.15, 0.2) is 6.04 Å². The van der Waals surface area contributed by atoms with Crippen molar-refractivity contribution in [2.45, 2.75) is 65.5 Å². The summed E-state index contributed by atoms with van der Waals surface area (Å²) >= 11 is 0. The van der Waals surface area contributed by atoms with Crippen molar-refractivity contribution in [2.24, 2.45) is 10.9 Å². The highest BCUT2D eigenvalue weighted by Crippen LogP contribution is 2.16. The second-order valence-corrected chi connectivity index (χ2v) is 8.07. The Morgan fingerprint density at radius 3 is 2.07 bits per heavy atom. The Kier molecular flexibility index (Phi) is 8.43. The minimum absolute atomic E-state index is 0.141. The molecule has 2 atom stereocenters. The SMILES string of the molecule is CC(/C=N/C(Cc1ccccc1)C(=O)OC(C)C)Cc1ccc(C(C)C)cc1. The maximum atomic E-state index is 12.5. The van der Waals surface area contributed by atoms with Crippen molar-refractivity contribution in [3.8, 4) is 0 Å². The largest absolute Gasteiger partial charge is 0.461 e. The van der Waals surface area contributed by atoms with Crippen LogP contribution in [0.1, 0.15) is 57.2 Å². The van der Waals surface area contributed by atoms with Crippen LogP contribution in [0.15, 0.2) is 59.6 Å². The van der Waals surface area contributed by atoms with Crippen LogP contribution in [0, 0.1) is 5.92 Å². The van der Waals surface area contributed by atoms with E-state index in [1.54, 1.807) is 0 Å². The van der Waals surface area contributed by atoms with Crippen LogP contribution in [0.2, 0.25) is 0 Å². The Morgan fingerprint density at radius 1 is 0.893 bits per heavy atom. The van der Waals surface area contributed by atoms with Crippen LogP contribution >= 0.6 is 0 Å². The fourth-order valence-corrected chi connectivity index (χ4v) is 3.06. The quantitative estimate of drug-likeness (QED) is 0.419. The van der Waals surface area contributed by atoms with E-state index < -0.39 is 6.04 Å². The van der Waals surface area contributed by atoms with E-state index in [-0.39, 0.29) is 18.0 Å². The molecule has 0 saturated heterocycles. The summed E-state index contributed by atoms with van der Waals surface area (Å²) in [6, 6.07) is 18.2. The van der Waals surface area contributed by atoms with Gasteiger partial charge in [0.2, 0.25) is 0 Å². The van der Waals surface area contributed by atoms with Crippen molar-refractivity contribution in [1.82, 2.24) is 0 Å².